The Balaban J connectivity index is 5.38. The average Bonchev–Trinajstić information content (AvgIpc) is 2.59. The first-order chi connectivity index (χ1) is 12.9. The molecule has 0 aliphatic rings. The van der Waals surface area contributed by atoms with Gasteiger partial charge in [0.05, 0.1) is 12.6 Å². The smallest absolute Gasteiger partial charge is 0.326 e. The lowest BCUT2D eigenvalue weighted by atomic mass is 10.0. The Hall–Kier alpha value is -2.73. The Bertz CT molecular complexity index is 593. The zero-order valence-corrected chi connectivity index (χ0v) is 16.0. The molecule has 0 radical (unpaired) electrons. The highest BCUT2D eigenvalue weighted by Crippen LogP contribution is 2.06. The van der Waals surface area contributed by atoms with Crippen molar-refractivity contribution in [3.8, 4) is 0 Å². The third-order valence-corrected chi connectivity index (χ3v) is 3.78. The van der Waals surface area contributed by atoms with Crippen molar-refractivity contribution >= 4 is 29.7 Å². The van der Waals surface area contributed by atoms with E-state index in [4.69, 9.17) is 10.8 Å². The van der Waals surface area contributed by atoms with Gasteiger partial charge >= 0.3 is 11.9 Å². The highest BCUT2D eigenvalue weighted by atomic mass is 16.4. The third kappa shape index (κ3) is 8.77. The molecule has 0 fully saturated rings. The van der Waals surface area contributed by atoms with Gasteiger partial charge in [0.15, 0.2) is 0 Å². The molecule has 12 nitrogen and oxygen atoms in total. The van der Waals surface area contributed by atoms with E-state index in [-0.39, 0.29) is 6.42 Å². The number of nitrogens with one attached hydrogen (secondary N) is 3. The Morgan fingerprint density at radius 2 is 1.46 bits per heavy atom. The van der Waals surface area contributed by atoms with Crippen molar-refractivity contribution in [2.24, 2.45) is 11.7 Å². The summed E-state index contributed by atoms with van der Waals surface area (Å²) < 4.78 is 0. The summed E-state index contributed by atoms with van der Waals surface area (Å²) >= 11 is 0. The van der Waals surface area contributed by atoms with E-state index in [0.29, 0.717) is 0 Å². The van der Waals surface area contributed by atoms with Crippen molar-refractivity contribution in [3.63, 3.8) is 0 Å². The molecule has 0 aromatic carbocycles. The molecule has 0 saturated heterocycles. The number of hydrogen-bond acceptors (Lipinski definition) is 7. The van der Waals surface area contributed by atoms with Gasteiger partial charge < -0.3 is 37.0 Å². The molecule has 0 saturated carbocycles. The lowest BCUT2D eigenvalue weighted by molar-refractivity contribution is -0.144. The first-order valence-corrected chi connectivity index (χ1v) is 8.63. The fourth-order valence-corrected chi connectivity index (χ4v) is 2.20. The van der Waals surface area contributed by atoms with Crippen molar-refractivity contribution in [2.45, 2.75) is 57.8 Å². The van der Waals surface area contributed by atoms with Gasteiger partial charge in [-0.15, -0.1) is 0 Å². The van der Waals surface area contributed by atoms with Crippen LogP contribution in [0.3, 0.4) is 0 Å². The zero-order valence-electron chi connectivity index (χ0n) is 16.0. The number of aliphatic carboxylic acids is 2. The molecule has 3 amide bonds. The second-order valence-corrected chi connectivity index (χ2v) is 6.55. The largest absolute Gasteiger partial charge is 0.481 e. The molecule has 0 aromatic heterocycles. The van der Waals surface area contributed by atoms with Crippen LogP contribution in [0.5, 0.6) is 0 Å². The van der Waals surface area contributed by atoms with Gasteiger partial charge in [-0.25, -0.2) is 4.79 Å². The van der Waals surface area contributed by atoms with Gasteiger partial charge in [-0.1, -0.05) is 13.8 Å². The molecule has 0 aliphatic carbocycles. The SMILES string of the molecule is CC(C)[C@H](NC(=O)[C@H](CCC(=O)O)NC(=O)[C@@H](NC(=O)CN)[C@@H](C)O)C(=O)O. The minimum atomic E-state index is -1.43. The molecule has 0 bridgehead atoms. The maximum Gasteiger partial charge on any atom is 0.326 e. The van der Waals surface area contributed by atoms with Gasteiger partial charge in [0.2, 0.25) is 17.7 Å². The topological polar surface area (TPSA) is 208 Å². The summed E-state index contributed by atoms with van der Waals surface area (Å²) in [4.78, 5) is 58.3. The summed E-state index contributed by atoms with van der Waals surface area (Å²) in [7, 11) is 0. The lowest BCUT2D eigenvalue weighted by Crippen LogP contribution is -2.59. The van der Waals surface area contributed by atoms with E-state index in [9.17, 15) is 34.2 Å². The van der Waals surface area contributed by atoms with Crippen molar-refractivity contribution in [3.05, 3.63) is 0 Å². The van der Waals surface area contributed by atoms with Gasteiger partial charge in [-0.2, -0.15) is 0 Å². The number of carbonyl (C=O) groups is 5. The van der Waals surface area contributed by atoms with Crippen LogP contribution in [0.25, 0.3) is 0 Å². The van der Waals surface area contributed by atoms with Gasteiger partial charge in [-0.3, -0.25) is 19.2 Å². The summed E-state index contributed by atoms with van der Waals surface area (Å²) in [5.41, 5.74) is 5.15. The van der Waals surface area contributed by atoms with Gasteiger partial charge in [0.25, 0.3) is 0 Å². The molecule has 160 valence electrons. The highest BCUT2D eigenvalue weighted by molar-refractivity contribution is 5.94. The number of carboxylic acids is 2. The van der Waals surface area contributed by atoms with Crippen LogP contribution in [0.1, 0.15) is 33.6 Å². The molecule has 4 atom stereocenters. The van der Waals surface area contributed by atoms with Gasteiger partial charge in [0, 0.05) is 6.42 Å². The predicted octanol–water partition coefficient (Wildman–Crippen LogP) is -2.61. The van der Waals surface area contributed by atoms with Crippen molar-refractivity contribution < 1.29 is 39.3 Å². The van der Waals surface area contributed by atoms with E-state index in [2.05, 4.69) is 16.0 Å². The number of aliphatic hydroxyl groups excluding tert-OH is 1. The Morgan fingerprint density at radius 3 is 1.86 bits per heavy atom. The third-order valence-electron chi connectivity index (χ3n) is 3.78. The second-order valence-electron chi connectivity index (χ2n) is 6.55. The molecular formula is C16H28N4O8. The minimum Gasteiger partial charge on any atom is -0.481 e. The second kappa shape index (κ2) is 11.9. The molecule has 0 aliphatic heterocycles. The molecule has 0 rings (SSSR count). The highest BCUT2D eigenvalue weighted by Gasteiger charge is 2.32. The Labute approximate surface area is 161 Å². The summed E-state index contributed by atoms with van der Waals surface area (Å²) in [6, 6.07) is -4.07. The summed E-state index contributed by atoms with van der Waals surface area (Å²) in [5.74, 6) is -5.55. The van der Waals surface area contributed by atoms with Crippen LogP contribution in [0.2, 0.25) is 0 Å². The zero-order chi connectivity index (χ0) is 22.0. The number of nitrogens with two attached hydrogens (primary N) is 1. The first kappa shape index (κ1) is 25.3. The molecule has 0 heterocycles. The van der Waals surface area contributed by atoms with Crippen molar-refractivity contribution in [1.82, 2.24) is 16.0 Å². The minimum absolute atomic E-state index is 0.325. The van der Waals surface area contributed by atoms with E-state index >= 15 is 0 Å². The number of carboxylic acid groups (broad SMARTS) is 2. The van der Waals surface area contributed by atoms with Gasteiger partial charge in [-0.05, 0) is 19.3 Å². The van der Waals surface area contributed by atoms with Crippen molar-refractivity contribution in [1.29, 1.82) is 0 Å². The molecule has 28 heavy (non-hydrogen) atoms. The Kier molecular flexibility index (Phi) is 10.7. The predicted molar refractivity (Wildman–Crippen MR) is 95.9 cm³/mol. The fourth-order valence-electron chi connectivity index (χ4n) is 2.20. The maximum atomic E-state index is 12.4. The molecule has 0 unspecified atom stereocenters. The summed E-state index contributed by atoms with van der Waals surface area (Å²) in [5, 5.41) is 34.4. The van der Waals surface area contributed by atoms with E-state index in [1.165, 1.54) is 6.92 Å². The molecule has 12 heteroatoms. The number of rotatable bonds is 12. The number of aliphatic hydroxyl groups is 1. The molecule has 8 N–H and O–H groups in total. The quantitative estimate of drug-likeness (QED) is 0.181. The summed E-state index contributed by atoms with van der Waals surface area (Å²) in [6.45, 7) is 3.92. The molecular weight excluding hydrogens is 376 g/mol. The van der Waals surface area contributed by atoms with Crippen LogP contribution in [0, 0.1) is 5.92 Å². The maximum absolute atomic E-state index is 12.4. The van der Waals surface area contributed by atoms with Crippen LogP contribution < -0.4 is 21.7 Å². The standard InChI is InChI=1S/C16H28N4O8/c1-7(2)12(16(27)28)20-14(25)9(4-5-11(23)24)18-15(26)13(8(3)21)19-10(22)6-17/h7-9,12-13,21H,4-6,17H2,1-3H3,(H,18,26)(H,19,22)(H,20,25)(H,23,24)(H,27,28)/t8-,9+,12+,13+/m1/s1. The molecule has 0 aromatic rings. The first-order valence-electron chi connectivity index (χ1n) is 8.63. The van der Waals surface area contributed by atoms with E-state index < -0.39 is 72.8 Å². The summed E-state index contributed by atoms with van der Waals surface area (Å²) in [6.07, 6.45) is -2.14. The van der Waals surface area contributed by atoms with E-state index in [1.807, 2.05) is 0 Å². The van der Waals surface area contributed by atoms with E-state index in [1.54, 1.807) is 13.8 Å². The lowest BCUT2D eigenvalue weighted by Gasteiger charge is -2.26. The Morgan fingerprint density at radius 1 is 0.893 bits per heavy atom. The number of hydrogen-bond donors (Lipinski definition) is 7. The van der Waals surface area contributed by atoms with Crippen LogP contribution in [-0.2, 0) is 24.0 Å². The van der Waals surface area contributed by atoms with Crippen LogP contribution in [0.4, 0.5) is 0 Å². The normalized spacial score (nSPS) is 15.1. The number of carbonyl (C=O) groups excluding carboxylic acids is 3. The monoisotopic (exact) mass is 404 g/mol. The van der Waals surface area contributed by atoms with Crippen LogP contribution >= 0.6 is 0 Å². The van der Waals surface area contributed by atoms with Crippen LogP contribution in [-0.4, -0.2) is 75.8 Å². The average molecular weight is 404 g/mol. The van der Waals surface area contributed by atoms with E-state index in [0.717, 1.165) is 0 Å². The van der Waals surface area contributed by atoms with Crippen LogP contribution in [0.15, 0.2) is 0 Å². The fraction of sp³-hybridized carbons (Fsp3) is 0.688. The molecule has 0 spiro atoms. The number of amides is 3. The van der Waals surface area contributed by atoms with Crippen molar-refractivity contribution in [2.75, 3.05) is 6.54 Å². The van der Waals surface area contributed by atoms with Gasteiger partial charge in [0.1, 0.15) is 18.1 Å².